The van der Waals surface area contributed by atoms with Crippen molar-refractivity contribution < 1.29 is 17.9 Å². The molecule has 1 aromatic rings. The van der Waals surface area contributed by atoms with Crippen LogP contribution in [0.4, 0.5) is 0 Å². The normalized spacial score (nSPS) is 11.3. The van der Waals surface area contributed by atoms with Crippen molar-refractivity contribution in [2.45, 2.75) is 13.0 Å². The van der Waals surface area contributed by atoms with E-state index in [2.05, 4.69) is 5.32 Å². The lowest BCUT2D eigenvalue weighted by molar-refractivity contribution is 0.393. The molecular formula is C12H20N2O4S. The first kappa shape index (κ1) is 15.7. The number of nitrogens with two attached hydrogens (primary N) is 1. The first-order valence-electron chi connectivity index (χ1n) is 5.88. The summed E-state index contributed by atoms with van der Waals surface area (Å²) in [6.07, 6.45) is 0.486. The fourth-order valence-corrected chi connectivity index (χ4v) is 2.15. The van der Waals surface area contributed by atoms with Gasteiger partial charge in [-0.15, -0.1) is 0 Å². The van der Waals surface area contributed by atoms with E-state index in [9.17, 15) is 8.42 Å². The second kappa shape index (κ2) is 7.32. The molecule has 0 spiro atoms. The third-order valence-electron chi connectivity index (χ3n) is 2.52. The Morgan fingerprint density at radius 1 is 1.16 bits per heavy atom. The van der Waals surface area contributed by atoms with E-state index in [0.717, 1.165) is 17.1 Å². The van der Waals surface area contributed by atoms with Crippen molar-refractivity contribution in [3.63, 3.8) is 0 Å². The van der Waals surface area contributed by atoms with Gasteiger partial charge in [-0.25, -0.2) is 13.6 Å². The molecule has 0 unspecified atom stereocenters. The minimum absolute atomic E-state index is 0.0125. The Labute approximate surface area is 113 Å². The zero-order chi connectivity index (χ0) is 14.3. The highest BCUT2D eigenvalue weighted by atomic mass is 32.2. The molecule has 7 heteroatoms. The van der Waals surface area contributed by atoms with Crippen LogP contribution in [0, 0.1) is 0 Å². The van der Waals surface area contributed by atoms with Gasteiger partial charge in [0.15, 0.2) is 0 Å². The number of sulfonamides is 1. The monoisotopic (exact) mass is 288 g/mol. The van der Waals surface area contributed by atoms with Crippen LogP contribution in [0.1, 0.15) is 12.0 Å². The number of hydrogen-bond acceptors (Lipinski definition) is 5. The molecular weight excluding hydrogens is 268 g/mol. The average molecular weight is 288 g/mol. The summed E-state index contributed by atoms with van der Waals surface area (Å²) in [7, 11) is -0.180. The Bertz CT molecular complexity index is 480. The van der Waals surface area contributed by atoms with E-state index in [-0.39, 0.29) is 5.75 Å². The molecule has 0 aliphatic rings. The van der Waals surface area contributed by atoms with Gasteiger partial charge in [0.25, 0.3) is 0 Å². The van der Waals surface area contributed by atoms with Gasteiger partial charge in [0.2, 0.25) is 10.0 Å². The molecule has 0 aromatic heterocycles. The van der Waals surface area contributed by atoms with Gasteiger partial charge < -0.3 is 14.8 Å². The van der Waals surface area contributed by atoms with Crippen LogP contribution in [0.25, 0.3) is 0 Å². The number of ether oxygens (including phenoxy) is 2. The zero-order valence-electron chi connectivity index (χ0n) is 11.2. The average Bonchev–Trinajstić information content (AvgIpc) is 2.36. The predicted octanol–water partition coefficient (Wildman–Crippen LogP) is 0.472. The van der Waals surface area contributed by atoms with Gasteiger partial charge in [0.05, 0.1) is 20.0 Å². The summed E-state index contributed by atoms with van der Waals surface area (Å²) < 4.78 is 31.8. The quantitative estimate of drug-likeness (QED) is 0.679. The second-order valence-corrected chi connectivity index (χ2v) is 5.85. The molecule has 1 rings (SSSR count). The molecule has 0 fully saturated rings. The summed E-state index contributed by atoms with van der Waals surface area (Å²) in [5.41, 5.74) is 1.01. The Balaban J connectivity index is 2.44. The molecule has 0 heterocycles. The largest absolute Gasteiger partial charge is 0.497 e. The molecule has 0 saturated carbocycles. The van der Waals surface area contributed by atoms with Crippen LogP contribution in [0.3, 0.4) is 0 Å². The fraction of sp³-hybridized carbons (Fsp3) is 0.500. The second-order valence-electron chi connectivity index (χ2n) is 4.12. The van der Waals surface area contributed by atoms with Gasteiger partial charge in [0, 0.05) is 12.6 Å². The minimum atomic E-state index is -3.37. The first-order valence-corrected chi connectivity index (χ1v) is 7.59. The van der Waals surface area contributed by atoms with Gasteiger partial charge in [-0.05, 0) is 30.7 Å². The van der Waals surface area contributed by atoms with E-state index in [0.29, 0.717) is 19.5 Å². The Hall–Kier alpha value is -1.31. The lowest BCUT2D eigenvalue weighted by atomic mass is 10.2. The van der Waals surface area contributed by atoms with Crippen molar-refractivity contribution in [3.8, 4) is 11.5 Å². The van der Waals surface area contributed by atoms with E-state index in [4.69, 9.17) is 14.6 Å². The highest BCUT2D eigenvalue weighted by molar-refractivity contribution is 7.89. The number of methoxy groups -OCH3 is 2. The number of rotatable bonds is 8. The Morgan fingerprint density at radius 3 is 2.21 bits per heavy atom. The van der Waals surface area contributed by atoms with E-state index < -0.39 is 10.0 Å². The van der Waals surface area contributed by atoms with Crippen LogP contribution < -0.4 is 19.9 Å². The van der Waals surface area contributed by atoms with Crippen LogP contribution in [-0.2, 0) is 16.6 Å². The summed E-state index contributed by atoms with van der Waals surface area (Å²) in [5, 5.41) is 8.06. The molecule has 19 heavy (non-hydrogen) atoms. The van der Waals surface area contributed by atoms with Gasteiger partial charge in [0.1, 0.15) is 11.5 Å². The van der Waals surface area contributed by atoms with E-state index in [1.165, 1.54) is 0 Å². The molecule has 0 aliphatic carbocycles. The standard InChI is InChI=1S/C12H20N2O4S/c1-17-11-6-10(7-12(8-11)18-2)9-14-4-3-5-19(13,15)16/h6-8,14H,3-5,9H2,1-2H3,(H2,13,15,16). The molecule has 6 nitrogen and oxygen atoms in total. The van der Waals surface area contributed by atoms with Crippen LogP contribution >= 0.6 is 0 Å². The van der Waals surface area contributed by atoms with E-state index in [1.54, 1.807) is 20.3 Å². The summed E-state index contributed by atoms with van der Waals surface area (Å²) in [6.45, 7) is 1.19. The van der Waals surface area contributed by atoms with Crippen molar-refractivity contribution >= 4 is 10.0 Å². The fourth-order valence-electron chi connectivity index (χ4n) is 1.60. The summed E-state index contributed by atoms with van der Waals surface area (Å²) in [6, 6.07) is 5.59. The summed E-state index contributed by atoms with van der Waals surface area (Å²) in [5.74, 6) is 1.43. The van der Waals surface area contributed by atoms with Crippen molar-refractivity contribution in [2.75, 3.05) is 26.5 Å². The molecule has 0 aliphatic heterocycles. The van der Waals surface area contributed by atoms with Crippen molar-refractivity contribution in [1.29, 1.82) is 0 Å². The highest BCUT2D eigenvalue weighted by Crippen LogP contribution is 2.22. The van der Waals surface area contributed by atoms with Crippen LogP contribution in [0.15, 0.2) is 18.2 Å². The topological polar surface area (TPSA) is 90.6 Å². The Morgan fingerprint density at radius 2 is 1.74 bits per heavy atom. The third-order valence-corrected chi connectivity index (χ3v) is 3.38. The SMILES string of the molecule is COc1cc(CNCCCS(N)(=O)=O)cc(OC)c1. The van der Waals surface area contributed by atoms with Crippen molar-refractivity contribution in [1.82, 2.24) is 5.32 Å². The number of benzene rings is 1. The predicted molar refractivity (Wildman–Crippen MR) is 73.8 cm³/mol. The molecule has 108 valence electrons. The molecule has 0 atom stereocenters. The Kier molecular flexibility index (Phi) is 6.07. The first-order chi connectivity index (χ1) is 8.94. The maximum Gasteiger partial charge on any atom is 0.209 e. The molecule has 0 bridgehead atoms. The van der Waals surface area contributed by atoms with E-state index >= 15 is 0 Å². The highest BCUT2D eigenvalue weighted by Gasteiger charge is 2.03. The van der Waals surface area contributed by atoms with Crippen LogP contribution in [0.2, 0.25) is 0 Å². The van der Waals surface area contributed by atoms with Gasteiger partial charge in [-0.3, -0.25) is 0 Å². The zero-order valence-corrected chi connectivity index (χ0v) is 12.0. The van der Waals surface area contributed by atoms with Gasteiger partial charge in [-0.2, -0.15) is 0 Å². The maximum atomic E-state index is 10.7. The number of hydrogen-bond donors (Lipinski definition) is 2. The maximum absolute atomic E-state index is 10.7. The minimum Gasteiger partial charge on any atom is -0.497 e. The van der Waals surface area contributed by atoms with Gasteiger partial charge >= 0.3 is 0 Å². The number of nitrogens with one attached hydrogen (secondary N) is 1. The summed E-state index contributed by atoms with van der Waals surface area (Å²) >= 11 is 0. The van der Waals surface area contributed by atoms with E-state index in [1.807, 2.05) is 12.1 Å². The lowest BCUT2D eigenvalue weighted by Crippen LogP contribution is -2.22. The molecule has 0 amide bonds. The molecule has 0 saturated heterocycles. The van der Waals surface area contributed by atoms with Crippen LogP contribution in [0.5, 0.6) is 11.5 Å². The number of primary sulfonamides is 1. The third kappa shape index (κ3) is 6.42. The molecule has 0 radical (unpaired) electrons. The summed E-state index contributed by atoms with van der Waals surface area (Å²) in [4.78, 5) is 0. The van der Waals surface area contributed by atoms with Crippen LogP contribution in [-0.4, -0.2) is 34.9 Å². The smallest absolute Gasteiger partial charge is 0.209 e. The molecule has 3 N–H and O–H groups in total. The van der Waals surface area contributed by atoms with Crippen molar-refractivity contribution in [2.24, 2.45) is 5.14 Å². The van der Waals surface area contributed by atoms with Gasteiger partial charge in [-0.1, -0.05) is 0 Å². The lowest BCUT2D eigenvalue weighted by Gasteiger charge is -2.09. The van der Waals surface area contributed by atoms with Crippen molar-refractivity contribution in [3.05, 3.63) is 23.8 Å². The molecule has 1 aromatic carbocycles.